The van der Waals surface area contributed by atoms with Gasteiger partial charge >= 0.3 is 5.97 Å². The second-order valence-corrected chi connectivity index (χ2v) is 6.19. The Balaban J connectivity index is 2.64. The lowest BCUT2D eigenvalue weighted by Crippen LogP contribution is -2.45. The molecule has 1 atom stereocenters. The molecule has 6 heteroatoms. The first-order valence-corrected chi connectivity index (χ1v) is 7.03. The topological polar surface area (TPSA) is 95.5 Å². The highest BCUT2D eigenvalue weighted by Crippen LogP contribution is 2.18. The fourth-order valence-corrected chi connectivity index (χ4v) is 1.63. The molecular formula is C16H22N2O4. The zero-order valence-electron chi connectivity index (χ0n) is 13.3. The quantitative estimate of drug-likeness (QED) is 0.771. The van der Waals surface area contributed by atoms with Gasteiger partial charge in [0.15, 0.2) is 0 Å². The van der Waals surface area contributed by atoms with Crippen LogP contribution in [-0.4, -0.2) is 35.5 Å². The summed E-state index contributed by atoms with van der Waals surface area (Å²) in [5.41, 5.74) is -0.148. The van der Waals surface area contributed by atoms with Gasteiger partial charge in [-0.05, 0) is 24.5 Å². The summed E-state index contributed by atoms with van der Waals surface area (Å²) in [5, 5.41) is 14.3. The SMILES string of the molecule is CC(NC(=O)CNC(=O)c1ccccc1C(=O)O)C(C)(C)C. The van der Waals surface area contributed by atoms with Crippen LogP contribution in [-0.2, 0) is 4.79 Å². The molecule has 0 aromatic heterocycles. The predicted octanol–water partition coefficient (Wildman–Crippen LogP) is 1.67. The van der Waals surface area contributed by atoms with E-state index in [0.717, 1.165) is 0 Å². The van der Waals surface area contributed by atoms with E-state index in [2.05, 4.69) is 10.6 Å². The number of hydrogen-bond donors (Lipinski definition) is 3. The van der Waals surface area contributed by atoms with Crippen LogP contribution in [0.1, 0.15) is 48.4 Å². The van der Waals surface area contributed by atoms with Gasteiger partial charge in [-0.2, -0.15) is 0 Å². The number of aromatic carboxylic acids is 1. The molecule has 2 amide bonds. The molecule has 0 spiro atoms. The zero-order chi connectivity index (χ0) is 16.9. The first-order valence-electron chi connectivity index (χ1n) is 7.03. The Labute approximate surface area is 129 Å². The van der Waals surface area contributed by atoms with Gasteiger partial charge in [0.05, 0.1) is 17.7 Å². The molecule has 0 aliphatic carbocycles. The zero-order valence-corrected chi connectivity index (χ0v) is 13.3. The van der Waals surface area contributed by atoms with Gasteiger partial charge in [0, 0.05) is 6.04 Å². The van der Waals surface area contributed by atoms with Crippen LogP contribution in [0.5, 0.6) is 0 Å². The Morgan fingerprint density at radius 3 is 2.18 bits per heavy atom. The van der Waals surface area contributed by atoms with E-state index in [0.29, 0.717) is 0 Å². The van der Waals surface area contributed by atoms with Crippen LogP contribution >= 0.6 is 0 Å². The summed E-state index contributed by atoms with van der Waals surface area (Å²) < 4.78 is 0. The van der Waals surface area contributed by atoms with Crippen molar-refractivity contribution >= 4 is 17.8 Å². The van der Waals surface area contributed by atoms with Gasteiger partial charge in [-0.25, -0.2) is 4.79 Å². The first-order chi connectivity index (χ1) is 10.1. The van der Waals surface area contributed by atoms with Crippen LogP contribution in [0.15, 0.2) is 24.3 Å². The molecule has 1 rings (SSSR count). The summed E-state index contributed by atoms with van der Waals surface area (Å²) in [4.78, 5) is 34.9. The molecule has 0 aliphatic rings. The molecule has 1 aromatic rings. The Bertz CT molecular complexity index is 576. The number of carboxylic acid groups (broad SMARTS) is 1. The van der Waals surface area contributed by atoms with Crippen molar-refractivity contribution in [2.24, 2.45) is 5.41 Å². The summed E-state index contributed by atoms with van der Waals surface area (Å²) in [6.45, 7) is 7.69. The third-order valence-corrected chi connectivity index (χ3v) is 3.49. The number of carbonyl (C=O) groups is 3. The average Bonchev–Trinajstić information content (AvgIpc) is 2.43. The van der Waals surface area contributed by atoms with Crippen molar-refractivity contribution in [3.63, 3.8) is 0 Å². The van der Waals surface area contributed by atoms with E-state index in [1.165, 1.54) is 18.2 Å². The smallest absolute Gasteiger partial charge is 0.336 e. The maximum atomic E-state index is 12.0. The fourth-order valence-electron chi connectivity index (χ4n) is 1.63. The van der Waals surface area contributed by atoms with Crippen molar-refractivity contribution in [1.29, 1.82) is 0 Å². The molecule has 0 saturated carbocycles. The first kappa shape index (κ1) is 17.7. The normalized spacial score (nSPS) is 12.4. The second kappa shape index (κ2) is 7.06. The third-order valence-electron chi connectivity index (χ3n) is 3.49. The van der Waals surface area contributed by atoms with Crippen molar-refractivity contribution in [1.82, 2.24) is 10.6 Å². The number of hydrogen-bond acceptors (Lipinski definition) is 3. The van der Waals surface area contributed by atoms with E-state index >= 15 is 0 Å². The average molecular weight is 306 g/mol. The fraction of sp³-hybridized carbons (Fsp3) is 0.438. The maximum Gasteiger partial charge on any atom is 0.336 e. The van der Waals surface area contributed by atoms with E-state index in [1.54, 1.807) is 6.07 Å². The Hall–Kier alpha value is -2.37. The van der Waals surface area contributed by atoms with Gasteiger partial charge in [0.25, 0.3) is 5.91 Å². The molecule has 0 bridgehead atoms. The van der Waals surface area contributed by atoms with Crippen LogP contribution in [0.2, 0.25) is 0 Å². The minimum atomic E-state index is -1.18. The Morgan fingerprint density at radius 2 is 1.68 bits per heavy atom. The lowest BCUT2D eigenvalue weighted by molar-refractivity contribution is -0.121. The van der Waals surface area contributed by atoms with Crippen molar-refractivity contribution in [3.8, 4) is 0 Å². The number of carboxylic acids is 1. The van der Waals surface area contributed by atoms with E-state index in [-0.39, 0.29) is 35.0 Å². The molecule has 0 aliphatic heterocycles. The molecular weight excluding hydrogens is 284 g/mol. The summed E-state index contributed by atoms with van der Waals surface area (Å²) in [5.74, 6) is -2.09. The number of nitrogens with one attached hydrogen (secondary N) is 2. The minimum Gasteiger partial charge on any atom is -0.478 e. The number of carbonyl (C=O) groups excluding carboxylic acids is 2. The van der Waals surface area contributed by atoms with E-state index in [9.17, 15) is 14.4 Å². The van der Waals surface area contributed by atoms with Crippen molar-refractivity contribution < 1.29 is 19.5 Å². The molecule has 6 nitrogen and oxygen atoms in total. The van der Waals surface area contributed by atoms with E-state index < -0.39 is 11.9 Å². The van der Waals surface area contributed by atoms with Gasteiger partial charge in [0.2, 0.25) is 5.91 Å². The monoisotopic (exact) mass is 306 g/mol. The summed E-state index contributed by atoms with van der Waals surface area (Å²) in [7, 11) is 0. The summed E-state index contributed by atoms with van der Waals surface area (Å²) >= 11 is 0. The lowest BCUT2D eigenvalue weighted by atomic mass is 9.88. The van der Waals surface area contributed by atoms with Crippen LogP contribution in [0.4, 0.5) is 0 Å². The van der Waals surface area contributed by atoms with Crippen molar-refractivity contribution in [3.05, 3.63) is 35.4 Å². The number of benzene rings is 1. The molecule has 3 N–H and O–H groups in total. The van der Waals surface area contributed by atoms with Gasteiger partial charge in [-0.1, -0.05) is 32.9 Å². The molecule has 1 aromatic carbocycles. The highest BCUT2D eigenvalue weighted by molar-refractivity contribution is 6.05. The highest BCUT2D eigenvalue weighted by atomic mass is 16.4. The van der Waals surface area contributed by atoms with Gasteiger partial charge in [-0.15, -0.1) is 0 Å². The van der Waals surface area contributed by atoms with Crippen LogP contribution in [0.3, 0.4) is 0 Å². The molecule has 0 radical (unpaired) electrons. The molecule has 0 saturated heterocycles. The number of rotatable bonds is 5. The van der Waals surface area contributed by atoms with Crippen LogP contribution < -0.4 is 10.6 Å². The minimum absolute atomic E-state index is 0.0340. The van der Waals surface area contributed by atoms with Crippen LogP contribution in [0, 0.1) is 5.41 Å². The van der Waals surface area contributed by atoms with Gasteiger partial charge < -0.3 is 15.7 Å². The van der Waals surface area contributed by atoms with E-state index in [4.69, 9.17) is 5.11 Å². The highest BCUT2D eigenvalue weighted by Gasteiger charge is 2.22. The maximum absolute atomic E-state index is 12.0. The summed E-state index contributed by atoms with van der Waals surface area (Å²) in [6.07, 6.45) is 0. The second-order valence-electron chi connectivity index (χ2n) is 6.19. The van der Waals surface area contributed by atoms with Crippen LogP contribution in [0.25, 0.3) is 0 Å². The lowest BCUT2D eigenvalue weighted by Gasteiger charge is -2.28. The summed E-state index contributed by atoms with van der Waals surface area (Å²) in [6, 6.07) is 5.82. The van der Waals surface area contributed by atoms with Crippen molar-refractivity contribution in [2.75, 3.05) is 6.54 Å². The van der Waals surface area contributed by atoms with E-state index in [1.807, 2.05) is 27.7 Å². The molecule has 1 unspecified atom stereocenters. The largest absolute Gasteiger partial charge is 0.478 e. The van der Waals surface area contributed by atoms with Gasteiger partial charge in [-0.3, -0.25) is 9.59 Å². The predicted molar refractivity (Wildman–Crippen MR) is 82.8 cm³/mol. The van der Waals surface area contributed by atoms with Crippen molar-refractivity contribution in [2.45, 2.75) is 33.7 Å². The number of amides is 2. The molecule has 22 heavy (non-hydrogen) atoms. The van der Waals surface area contributed by atoms with Gasteiger partial charge in [0.1, 0.15) is 0 Å². The molecule has 0 fully saturated rings. The standard InChI is InChI=1S/C16H22N2O4/c1-10(16(2,3)4)18-13(19)9-17-14(20)11-7-5-6-8-12(11)15(21)22/h5-8,10H,9H2,1-4H3,(H,17,20)(H,18,19)(H,21,22). The Kier molecular flexibility index (Phi) is 5.68. The third kappa shape index (κ3) is 4.87. The molecule has 120 valence electrons. The molecule has 0 heterocycles. The Morgan fingerprint density at radius 1 is 1.14 bits per heavy atom.